The van der Waals surface area contributed by atoms with Gasteiger partial charge in [0, 0.05) is 7.11 Å². The summed E-state index contributed by atoms with van der Waals surface area (Å²) in [4.78, 5) is 11.7. The lowest BCUT2D eigenvalue weighted by molar-refractivity contribution is 0.0387. The maximum absolute atomic E-state index is 11.8. The number of ether oxygens (including phenoxy) is 2. The highest BCUT2D eigenvalue weighted by Gasteiger charge is 2.18. The lowest BCUT2D eigenvalue weighted by Gasteiger charge is -2.10. The summed E-state index contributed by atoms with van der Waals surface area (Å²) in [5.41, 5.74) is 1.31. The third kappa shape index (κ3) is 4.02. The molecule has 19 heavy (non-hydrogen) atoms. The maximum atomic E-state index is 11.8. The van der Waals surface area contributed by atoms with Crippen LogP contribution in [-0.2, 0) is 19.5 Å². The molecule has 1 aromatic carbocycles. The molecule has 0 bridgehead atoms. The van der Waals surface area contributed by atoms with Gasteiger partial charge in [0.1, 0.15) is 6.61 Å². The SMILES string of the molecule is COCCOC(=O)c1cc(S(N)(=O)=O)c(C)cc1C. The fraction of sp³-hybridized carbons (Fsp3) is 0.417. The van der Waals surface area contributed by atoms with Crippen LogP contribution in [0.5, 0.6) is 0 Å². The van der Waals surface area contributed by atoms with E-state index < -0.39 is 16.0 Å². The zero-order valence-electron chi connectivity index (χ0n) is 11.1. The van der Waals surface area contributed by atoms with E-state index in [0.29, 0.717) is 11.1 Å². The fourth-order valence-electron chi connectivity index (χ4n) is 1.65. The molecule has 2 N–H and O–H groups in total. The van der Waals surface area contributed by atoms with Crippen LogP contribution in [0.3, 0.4) is 0 Å². The van der Waals surface area contributed by atoms with Crippen molar-refractivity contribution in [1.29, 1.82) is 0 Å². The summed E-state index contributed by atoms with van der Waals surface area (Å²) in [6.45, 7) is 3.70. The van der Waals surface area contributed by atoms with Gasteiger partial charge in [0.05, 0.1) is 17.1 Å². The van der Waals surface area contributed by atoms with E-state index in [-0.39, 0.29) is 23.7 Å². The van der Waals surface area contributed by atoms with Gasteiger partial charge in [-0.25, -0.2) is 18.4 Å². The van der Waals surface area contributed by atoms with Gasteiger partial charge in [-0.05, 0) is 31.0 Å². The summed E-state index contributed by atoms with van der Waals surface area (Å²) >= 11 is 0. The number of carbonyl (C=O) groups excluding carboxylic acids is 1. The quantitative estimate of drug-likeness (QED) is 0.637. The van der Waals surface area contributed by atoms with Crippen molar-refractivity contribution in [2.75, 3.05) is 20.3 Å². The molecule has 0 heterocycles. The van der Waals surface area contributed by atoms with E-state index in [1.165, 1.54) is 13.2 Å². The molecule has 6 nitrogen and oxygen atoms in total. The molecule has 0 amide bonds. The molecule has 0 unspecified atom stereocenters. The zero-order chi connectivity index (χ0) is 14.6. The summed E-state index contributed by atoms with van der Waals surface area (Å²) < 4.78 is 32.5. The number of sulfonamides is 1. The molecule has 0 atom stereocenters. The highest BCUT2D eigenvalue weighted by molar-refractivity contribution is 7.89. The van der Waals surface area contributed by atoms with E-state index in [0.717, 1.165) is 0 Å². The van der Waals surface area contributed by atoms with Crippen molar-refractivity contribution < 1.29 is 22.7 Å². The smallest absolute Gasteiger partial charge is 0.338 e. The van der Waals surface area contributed by atoms with Crippen molar-refractivity contribution in [3.05, 3.63) is 28.8 Å². The first kappa shape index (κ1) is 15.6. The van der Waals surface area contributed by atoms with Crippen molar-refractivity contribution in [3.63, 3.8) is 0 Å². The van der Waals surface area contributed by atoms with Gasteiger partial charge in [-0.3, -0.25) is 0 Å². The Morgan fingerprint density at radius 1 is 1.21 bits per heavy atom. The van der Waals surface area contributed by atoms with Gasteiger partial charge in [0.15, 0.2) is 0 Å². The van der Waals surface area contributed by atoms with Crippen LogP contribution in [-0.4, -0.2) is 34.7 Å². The Labute approximate surface area is 112 Å². The van der Waals surface area contributed by atoms with Gasteiger partial charge in [-0.15, -0.1) is 0 Å². The van der Waals surface area contributed by atoms with Crippen molar-refractivity contribution in [1.82, 2.24) is 0 Å². The maximum Gasteiger partial charge on any atom is 0.338 e. The number of nitrogens with two attached hydrogens (primary N) is 1. The third-order valence-corrected chi connectivity index (χ3v) is 3.62. The van der Waals surface area contributed by atoms with Crippen LogP contribution in [0.15, 0.2) is 17.0 Å². The Morgan fingerprint density at radius 3 is 2.37 bits per heavy atom. The summed E-state index contributed by atoms with van der Waals surface area (Å²) in [6, 6.07) is 2.84. The molecule has 7 heteroatoms. The summed E-state index contributed by atoms with van der Waals surface area (Å²) in [5.74, 6) is -0.598. The number of primary sulfonamides is 1. The van der Waals surface area contributed by atoms with Crippen LogP contribution in [0.25, 0.3) is 0 Å². The molecule has 0 aliphatic carbocycles. The number of hydrogen-bond donors (Lipinski definition) is 1. The summed E-state index contributed by atoms with van der Waals surface area (Å²) in [5, 5.41) is 5.10. The Hall–Kier alpha value is -1.44. The lowest BCUT2D eigenvalue weighted by atomic mass is 10.1. The number of rotatable bonds is 5. The van der Waals surface area contributed by atoms with Gasteiger partial charge in [0.25, 0.3) is 0 Å². The summed E-state index contributed by atoms with van der Waals surface area (Å²) in [7, 11) is -2.37. The first-order chi connectivity index (χ1) is 8.77. The molecular weight excluding hydrogens is 270 g/mol. The predicted octanol–water partition coefficient (Wildman–Crippen LogP) is 0.754. The Balaban J connectivity index is 3.11. The largest absolute Gasteiger partial charge is 0.460 e. The Kier molecular flexibility index (Phi) is 5.04. The van der Waals surface area contributed by atoms with Gasteiger partial charge in [-0.2, -0.15) is 0 Å². The Bertz CT molecular complexity index is 580. The van der Waals surface area contributed by atoms with Crippen LogP contribution >= 0.6 is 0 Å². The molecule has 0 aliphatic heterocycles. The van der Waals surface area contributed by atoms with E-state index in [2.05, 4.69) is 0 Å². The number of carbonyl (C=O) groups is 1. The third-order valence-electron chi connectivity index (χ3n) is 2.57. The monoisotopic (exact) mass is 287 g/mol. The van der Waals surface area contributed by atoms with Crippen LogP contribution in [0.2, 0.25) is 0 Å². The Morgan fingerprint density at radius 2 is 1.84 bits per heavy atom. The lowest BCUT2D eigenvalue weighted by Crippen LogP contribution is -2.17. The van der Waals surface area contributed by atoms with Crippen LogP contribution in [0.4, 0.5) is 0 Å². The van der Waals surface area contributed by atoms with Crippen molar-refractivity contribution in [2.45, 2.75) is 18.7 Å². The van der Waals surface area contributed by atoms with Crippen LogP contribution in [0, 0.1) is 13.8 Å². The van der Waals surface area contributed by atoms with Gasteiger partial charge >= 0.3 is 5.97 Å². The number of methoxy groups -OCH3 is 1. The van der Waals surface area contributed by atoms with Crippen molar-refractivity contribution in [3.8, 4) is 0 Å². The number of hydrogen-bond acceptors (Lipinski definition) is 5. The van der Waals surface area contributed by atoms with E-state index in [9.17, 15) is 13.2 Å². The highest BCUT2D eigenvalue weighted by Crippen LogP contribution is 2.20. The molecular formula is C12H17NO5S. The minimum Gasteiger partial charge on any atom is -0.460 e. The number of benzene rings is 1. The number of aryl methyl sites for hydroxylation is 2. The standard InChI is InChI=1S/C12H17NO5S/c1-8-6-9(2)11(19(13,15)16)7-10(8)12(14)18-5-4-17-3/h6-7H,4-5H2,1-3H3,(H2,13,15,16). The minimum atomic E-state index is -3.86. The molecule has 0 saturated heterocycles. The van der Waals surface area contributed by atoms with Crippen molar-refractivity contribution in [2.24, 2.45) is 5.14 Å². The second-order valence-electron chi connectivity index (χ2n) is 4.11. The predicted molar refractivity (Wildman–Crippen MR) is 69.4 cm³/mol. The molecule has 0 spiro atoms. The molecule has 106 valence electrons. The van der Waals surface area contributed by atoms with Gasteiger partial charge in [0.2, 0.25) is 10.0 Å². The van der Waals surface area contributed by atoms with Crippen LogP contribution < -0.4 is 5.14 Å². The molecule has 1 aromatic rings. The van der Waals surface area contributed by atoms with E-state index in [1.54, 1.807) is 19.9 Å². The van der Waals surface area contributed by atoms with Crippen molar-refractivity contribution >= 4 is 16.0 Å². The van der Waals surface area contributed by atoms with E-state index in [1.807, 2.05) is 0 Å². The topological polar surface area (TPSA) is 95.7 Å². The first-order valence-corrected chi connectivity index (χ1v) is 7.12. The average Bonchev–Trinajstić information content (AvgIpc) is 2.27. The zero-order valence-corrected chi connectivity index (χ0v) is 11.9. The van der Waals surface area contributed by atoms with Crippen LogP contribution in [0.1, 0.15) is 21.5 Å². The molecule has 1 rings (SSSR count). The van der Waals surface area contributed by atoms with Gasteiger partial charge < -0.3 is 9.47 Å². The normalized spacial score (nSPS) is 11.4. The molecule has 0 aromatic heterocycles. The molecule has 0 radical (unpaired) electrons. The molecule has 0 aliphatic rings. The van der Waals surface area contributed by atoms with Gasteiger partial charge in [-0.1, -0.05) is 6.07 Å². The minimum absolute atomic E-state index is 0.0724. The first-order valence-electron chi connectivity index (χ1n) is 5.57. The second kappa shape index (κ2) is 6.14. The fourth-order valence-corrected chi connectivity index (χ4v) is 2.44. The number of esters is 1. The second-order valence-corrected chi connectivity index (χ2v) is 5.64. The van der Waals surface area contributed by atoms with E-state index >= 15 is 0 Å². The molecule has 0 saturated carbocycles. The van der Waals surface area contributed by atoms with E-state index in [4.69, 9.17) is 14.6 Å². The highest BCUT2D eigenvalue weighted by atomic mass is 32.2. The summed E-state index contributed by atoms with van der Waals surface area (Å²) in [6.07, 6.45) is 0. The average molecular weight is 287 g/mol. The molecule has 0 fully saturated rings.